The molecule has 19 heavy (non-hydrogen) atoms. The molecule has 0 bridgehead atoms. The second-order valence-electron chi connectivity index (χ2n) is 6.57. The lowest BCUT2D eigenvalue weighted by atomic mass is 9.89. The van der Waals surface area contributed by atoms with Crippen LogP contribution in [-0.4, -0.2) is 34.8 Å². The number of nitrogens with zero attached hydrogens (tertiary/aromatic N) is 1. The lowest BCUT2D eigenvalue weighted by molar-refractivity contribution is -0.157. The van der Waals surface area contributed by atoms with Crippen LogP contribution in [0.2, 0.25) is 0 Å². The van der Waals surface area contributed by atoms with Crippen LogP contribution in [0.5, 0.6) is 0 Å². The Labute approximate surface area is 116 Å². The molecule has 4 heteroatoms. The van der Waals surface area contributed by atoms with E-state index in [0.29, 0.717) is 12.5 Å². The summed E-state index contributed by atoms with van der Waals surface area (Å²) in [5, 5.41) is 2.89. The topological polar surface area (TPSA) is 49.4 Å². The minimum absolute atomic E-state index is 0.0406. The largest absolute Gasteiger partial charge is 0.342 e. The average molecular weight is 268 g/mol. The second kappa shape index (κ2) is 5.93. The van der Waals surface area contributed by atoms with Crippen molar-refractivity contribution in [2.24, 2.45) is 11.8 Å². The lowest BCUT2D eigenvalue weighted by Gasteiger charge is -2.46. The zero-order chi connectivity index (χ0) is 14.8. The van der Waals surface area contributed by atoms with Crippen LogP contribution in [-0.2, 0) is 9.59 Å². The van der Waals surface area contributed by atoms with Crippen LogP contribution < -0.4 is 5.32 Å². The highest BCUT2D eigenvalue weighted by atomic mass is 16.2. The van der Waals surface area contributed by atoms with Crippen molar-refractivity contribution in [2.75, 3.05) is 6.54 Å². The third kappa shape index (κ3) is 3.28. The molecule has 1 fully saturated rings. The smallest absolute Gasteiger partial charge is 0.246 e. The molecule has 0 aromatic rings. The van der Waals surface area contributed by atoms with Gasteiger partial charge >= 0.3 is 0 Å². The van der Waals surface area contributed by atoms with Crippen LogP contribution in [0.3, 0.4) is 0 Å². The Morgan fingerprint density at radius 1 is 1.26 bits per heavy atom. The monoisotopic (exact) mass is 268 g/mol. The average Bonchev–Trinajstić information content (AvgIpc) is 2.32. The maximum Gasteiger partial charge on any atom is 0.246 e. The number of hydrogen-bond donors (Lipinski definition) is 1. The number of nitrogens with one attached hydrogen (secondary N) is 1. The fraction of sp³-hybridized carbons (Fsp3) is 0.867. The summed E-state index contributed by atoms with van der Waals surface area (Å²) in [5.41, 5.74) is -0.740. The van der Waals surface area contributed by atoms with Gasteiger partial charge in [0.05, 0.1) is 0 Å². The van der Waals surface area contributed by atoms with Crippen molar-refractivity contribution >= 4 is 11.8 Å². The third-order valence-corrected chi connectivity index (χ3v) is 4.19. The molecule has 2 atom stereocenters. The number of carbonyl (C=O) groups excluding carboxylic acids is 2. The molecule has 0 aromatic carbocycles. The van der Waals surface area contributed by atoms with Crippen LogP contribution in [0, 0.1) is 11.8 Å². The highest BCUT2D eigenvalue weighted by Crippen LogP contribution is 2.25. The summed E-state index contributed by atoms with van der Waals surface area (Å²) in [5.74, 6) is 0.727. The van der Waals surface area contributed by atoms with Gasteiger partial charge in [0.25, 0.3) is 0 Å². The normalized spacial score (nSPS) is 24.6. The molecule has 1 heterocycles. The molecule has 0 radical (unpaired) electrons. The molecule has 1 N–H and O–H groups in total. The van der Waals surface area contributed by atoms with Crippen molar-refractivity contribution in [2.45, 2.75) is 66.0 Å². The van der Waals surface area contributed by atoms with Crippen LogP contribution in [0.25, 0.3) is 0 Å². The van der Waals surface area contributed by atoms with Gasteiger partial charge < -0.3 is 10.2 Å². The predicted molar refractivity (Wildman–Crippen MR) is 76.6 cm³/mol. The summed E-state index contributed by atoms with van der Waals surface area (Å²) in [6, 6.07) is -0.363. The Morgan fingerprint density at radius 2 is 1.84 bits per heavy atom. The fourth-order valence-electron chi connectivity index (χ4n) is 2.34. The van der Waals surface area contributed by atoms with Gasteiger partial charge in [-0.1, -0.05) is 34.1 Å². The Hall–Kier alpha value is -1.06. The van der Waals surface area contributed by atoms with Crippen molar-refractivity contribution < 1.29 is 9.59 Å². The van der Waals surface area contributed by atoms with Gasteiger partial charge in [0.1, 0.15) is 11.6 Å². The number of rotatable bonds is 5. The van der Waals surface area contributed by atoms with Gasteiger partial charge in [-0.05, 0) is 32.1 Å². The van der Waals surface area contributed by atoms with E-state index in [4.69, 9.17) is 0 Å². The predicted octanol–water partition coefficient (Wildman–Crippen LogP) is 2.18. The zero-order valence-electron chi connectivity index (χ0n) is 13.1. The highest BCUT2D eigenvalue weighted by Gasteiger charge is 2.47. The first-order valence-corrected chi connectivity index (χ1v) is 7.34. The molecule has 0 aliphatic carbocycles. The Balaban J connectivity index is 2.93. The summed E-state index contributed by atoms with van der Waals surface area (Å²) < 4.78 is 0. The lowest BCUT2D eigenvalue weighted by Crippen LogP contribution is -2.69. The van der Waals surface area contributed by atoms with Crippen LogP contribution in [0.1, 0.15) is 54.4 Å². The van der Waals surface area contributed by atoms with Gasteiger partial charge in [0.15, 0.2) is 0 Å². The standard InChI is InChI=1S/C15H28N2O2/c1-7-11(4)12-13(18)17(9-8-10(2)3)15(5,6)14(19)16-12/h10-12H,7-9H2,1-6H3,(H,16,19). The van der Waals surface area contributed by atoms with E-state index in [1.54, 1.807) is 4.90 Å². The van der Waals surface area contributed by atoms with E-state index in [1.165, 1.54) is 0 Å². The Kier molecular flexibility index (Phi) is 4.99. The first-order valence-electron chi connectivity index (χ1n) is 7.34. The van der Waals surface area contributed by atoms with Gasteiger partial charge in [0, 0.05) is 6.54 Å². The maximum absolute atomic E-state index is 12.6. The van der Waals surface area contributed by atoms with E-state index < -0.39 is 5.54 Å². The van der Waals surface area contributed by atoms with Gasteiger partial charge in [-0.3, -0.25) is 9.59 Å². The van der Waals surface area contributed by atoms with Gasteiger partial charge in [-0.15, -0.1) is 0 Å². The number of carbonyl (C=O) groups is 2. The van der Waals surface area contributed by atoms with Gasteiger partial charge in [-0.2, -0.15) is 0 Å². The van der Waals surface area contributed by atoms with Crippen LogP contribution in [0.15, 0.2) is 0 Å². The minimum atomic E-state index is -0.740. The first-order chi connectivity index (χ1) is 8.71. The van der Waals surface area contributed by atoms with Crippen molar-refractivity contribution in [3.63, 3.8) is 0 Å². The van der Waals surface area contributed by atoms with E-state index in [0.717, 1.165) is 12.8 Å². The summed E-state index contributed by atoms with van der Waals surface area (Å²) in [6.07, 6.45) is 1.81. The molecule has 0 aromatic heterocycles. The van der Waals surface area contributed by atoms with E-state index in [2.05, 4.69) is 19.2 Å². The Bertz CT molecular complexity index is 350. The first kappa shape index (κ1) is 16.0. The van der Waals surface area contributed by atoms with Crippen molar-refractivity contribution in [1.29, 1.82) is 0 Å². The van der Waals surface area contributed by atoms with E-state index in [-0.39, 0.29) is 23.8 Å². The minimum Gasteiger partial charge on any atom is -0.342 e. The van der Waals surface area contributed by atoms with Crippen molar-refractivity contribution in [3.8, 4) is 0 Å². The molecule has 2 unspecified atom stereocenters. The maximum atomic E-state index is 12.6. The van der Waals surface area contributed by atoms with Crippen molar-refractivity contribution in [1.82, 2.24) is 10.2 Å². The number of piperazine rings is 1. The van der Waals surface area contributed by atoms with E-state index >= 15 is 0 Å². The quantitative estimate of drug-likeness (QED) is 0.831. The summed E-state index contributed by atoms with van der Waals surface area (Å²) in [7, 11) is 0. The molecule has 0 saturated carbocycles. The SMILES string of the molecule is CCC(C)C1NC(=O)C(C)(C)N(CCC(C)C)C1=O. The van der Waals surface area contributed by atoms with Crippen LogP contribution in [0.4, 0.5) is 0 Å². The van der Waals surface area contributed by atoms with E-state index in [9.17, 15) is 9.59 Å². The molecular weight excluding hydrogens is 240 g/mol. The molecule has 0 spiro atoms. The molecule has 1 aliphatic heterocycles. The Morgan fingerprint density at radius 3 is 2.32 bits per heavy atom. The summed E-state index contributed by atoms with van der Waals surface area (Å²) in [4.78, 5) is 26.6. The highest BCUT2D eigenvalue weighted by molar-refractivity contribution is 5.99. The van der Waals surface area contributed by atoms with Gasteiger partial charge in [0.2, 0.25) is 11.8 Å². The zero-order valence-corrected chi connectivity index (χ0v) is 13.1. The summed E-state index contributed by atoms with van der Waals surface area (Å²) in [6.45, 7) is 12.6. The number of hydrogen-bond acceptors (Lipinski definition) is 2. The molecule has 110 valence electrons. The number of amides is 2. The van der Waals surface area contributed by atoms with Crippen LogP contribution >= 0.6 is 0 Å². The molecule has 1 aliphatic rings. The third-order valence-electron chi connectivity index (χ3n) is 4.19. The summed E-state index contributed by atoms with van der Waals surface area (Å²) >= 11 is 0. The van der Waals surface area contributed by atoms with Crippen molar-refractivity contribution in [3.05, 3.63) is 0 Å². The fourth-order valence-corrected chi connectivity index (χ4v) is 2.34. The molecular formula is C15H28N2O2. The molecule has 4 nitrogen and oxygen atoms in total. The molecule has 2 amide bonds. The molecule has 1 saturated heterocycles. The van der Waals surface area contributed by atoms with Gasteiger partial charge in [-0.25, -0.2) is 0 Å². The second-order valence-corrected chi connectivity index (χ2v) is 6.57. The molecule has 1 rings (SSSR count). The van der Waals surface area contributed by atoms with E-state index in [1.807, 2.05) is 27.7 Å².